The van der Waals surface area contributed by atoms with Crippen molar-refractivity contribution in [3.63, 3.8) is 0 Å². The smallest absolute Gasteiger partial charge is 0.260 e. The van der Waals surface area contributed by atoms with Gasteiger partial charge in [-0.05, 0) is 25.0 Å². The summed E-state index contributed by atoms with van der Waals surface area (Å²) in [4.78, 5) is 37.8. The molecule has 2 aromatic rings. The molecule has 1 aromatic heterocycles. The van der Waals surface area contributed by atoms with Gasteiger partial charge in [-0.15, -0.1) is 0 Å². The minimum Gasteiger partial charge on any atom is -0.484 e. The van der Waals surface area contributed by atoms with Gasteiger partial charge in [-0.2, -0.15) is 0 Å². The summed E-state index contributed by atoms with van der Waals surface area (Å²) in [6, 6.07) is 9.39. The first-order valence-corrected chi connectivity index (χ1v) is 10.8. The number of anilines is 1. The molecule has 1 aromatic carbocycles. The maximum atomic E-state index is 12.7. The maximum Gasteiger partial charge on any atom is 0.260 e. The Morgan fingerprint density at radius 3 is 2.71 bits per heavy atom. The van der Waals surface area contributed by atoms with Gasteiger partial charge in [-0.25, -0.2) is 9.97 Å². The lowest BCUT2D eigenvalue weighted by Gasteiger charge is -2.33. The van der Waals surface area contributed by atoms with Crippen molar-refractivity contribution in [3.05, 3.63) is 47.4 Å². The molecule has 1 saturated heterocycles. The lowest BCUT2D eigenvalue weighted by atomic mass is 9.96. The highest BCUT2D eigenvalue weighted by Crippen LogP contribution is 2.30. The number of hydrogen-bond acceptors (Lipinski definition) is 6. The molecule has 1 atom stereocenters. The van der Waals surface area contributed by atoms with Crippen molar-refractivity contribution in [2.45, 2.75) is 38.6 Å². The van der Waals surface area contributed by atoms with Crippen molar-refractivity contribution in [1.29, 1.82) is 0 Å². The predicted octanol–water partition coefficient (Wildman–Crippen LogP) is 2.21. The van der Waals surface area contributed by atoms with E-state index in [1.807, 2.05) is 47.2 Å². The zero-order valence-corrected chi connectivity index (χ0v) is 18.1. The summed E-state index contributed by atoms with van der Waals surface area (Å²) < 4.78 is 5.64. The first-order valence-electron chi connectivity index (χ1n) is 10.8. The van der Waals surface area contributed by atoms with E-state index in [0.29, 0.717) is 25.4 Å². The number of para-hydroxylation sites is 1. The Kier molecular flexibility index (Phi) is 6.34. The normalized spacial score (nSPS) is 18.3. The van der Waals surface area contributed by atoms with Crippen LogP contribution in [-0.2, 0) is 22.6 Å². The highest BCUT2D eigenvalue weighted by molar-refractivity contribution is 5.78. The lowest BCUT2D eigenvalue weighted by Crippen LogP contribution is -2.42. The number of aromatic nitrogens is 2. The van der Waals surface area contributed by atoms with E-state index in [2.05, 4.69) is 5.32 Å². The molecule has 164 valence electrons. The number of rotatable bonds is 5. The van der Waals surface area contributed by atoms with E-state index in [1.54, 1.807) is 6.92 Å². The number of ether oxygens (including phenoxy) is 1. The Bertz CT molecular complexity index is 932. The average molecular weight is 424 g/mol. The predicted molar refractivity (Wildman–Crippen MR) is 117 cm³/mol. The number of carbonyl (C=O) groups is 2. The molecule has 3 heterocycles. The van der Waals surface area contributed by atoms with Gasteiger partial charge in [-0.3, -0.25) is 9.59 Å². The van der Waals surface area contributed by atoms with Gasteiger partial charge in [0.15, 0.2) is 6.61 Å². The summed E-state index contributed by atoms with van der Waals surface area (Å²) in [5.74, 6) is 2.40. The second-order valence-corrected chi connectivity index (χ2v) is 8.08. The molecule has 2 aliphatic heterocycles. The van der Waals surface area contributed by atoms with Crippen LogP contribution in [0.15, 0.2) is 30.3 Å². The van der Waals surface area contributed by atoms with Crippen LogP contribution in [0.5, 0.6) is 5.75 Å². The van der Waals surface area contributed by atoms with Crippen LogP contribution in [0.4, 0.5) is 5.82 Å². The van der Waals surface area contributed by atoms with E-state index >= 15 is 0 Å². The molecule has 31 heavy (non-hydrogen) atoms. The van der Waals surface area contributed by atoms with E-state index in [4.69, 9.17) is 14.7 Å². The lowest BCUT2D eigenvalue weighted by molar-refractivity contribution is -0.134. The van der Waals surface area contributed by atoms with Crippen molar-refractivity contribution in [3.8, 4) is 5.75 Å². The summed E-state index contributed by atoms with van der Waals surface area (Å²) in [6.45, 7) is 4.16. The monoisotopic (exact) mass is 423 g/mol. The Morgan fingerprint density at radius 2 is 1.97 bits per heavy atom. The van der Waals surface area contributed by atoms with Gasteiger partial charge in [0.2, 0.25) is 5.91 Å². The van der Waals surface area contributed by atoms with E-state index < -0.39 is 0 Å². The number of benzene rings is 1. The standard InChI is InChI=1S/C23H29N5O3/c1-16(29)27-12-10-20-19(14-27)23(24-2)26-22(25-20)17-7-6-11-28(13-17)21(30)15-31-18-8-4-3-5-9-18/h3-5,8-9,17H,6-7,10-15H2,1-2H3,(H,24,25,26). The second-order valence-electron chi connectivity index (χ2n) is 8.08. The van der Waals surface area contributed by atoms with Crippen LogP contribution in [0.2, 0.25) is 0 Å². The second kappa shape index (κ2) is 9.32. The zero-order valence-electron chi connectivity index (χ0n) is 18.1. The minimum atomic E-state index is -0.0162. The van der Waals surface area contributed by atoms with Gasteiger partial charge in [0.1, 0.15) is 17.4 Å². The van der Waals surface area contributed by atoms with E-state index in [9.17, 15) is 9.59 Å². The molecule has 0 spiro atoms. The highest BCUT2D eigenvalue weighted by Gasteiger charge is 2.30. The molecule has 0 bridgehead atoms. The SMILES string of the molecule is CNc1nc(C2CCCN(C(=O)COc3ccccc3)C2)nc2c1CN(C(C)=O)CC2. The van der Waals surface area contributed by atoms with Crippen LogP contribution in [0.25, 0.3) is 0 Å². The average Bonchev–Trinajstić information content (AvgIpc) is 2.82. The Balaban J connectivity index is 1.45. The maximum absolute atomic E-state index is 12.7. The number of likely N-dealkylation sites (tertiary alicyclic amines) is 1. The molecule has 2 aliphatic rings. The van der Waals surface area contributed by atoms with E-state index in [1.165, 1.54) is 0 Å². The summed E-state index contributed by atoms with van der Waals surface area (Å²) in [5, 5.41) is 3.18. The van der Waals surface area contributed by atoms with Gasteiger partial charge in [-0.1, -0.05) is 18.2 Å². The topological polar surface area (TPSA) is 87.7 Å². The number of nitrogens with zero attached hydrogens (tertiary/aromatic N) is 4. The van der Waals surface area contributed by atoms with Gasteiger partial charge in [0, 0.05) is 51.5 Å². The Hall–Kier alpha value is -3.16. The molecular weight excluding hydrogens is 394 g/mol. The van der Waals surface area contributed by atoms with Crippen LogP contribution < -0.4 is 10.1 Å². The summed E-state index contributed by atoms with van der Waals surface area (Å²) in [7, 11) is 1.84. The quantitative estimate of drug-likeness (QED) is 0.793. The van der Waals surface area contributed by atoms with Gasteiger partial charge in [0.05, 0.1) is 12.2 Å². The van der Waals surface area contributed by atoms with E-state index in [-0.39, 0.29) is 24.3 Å². The van der Waals surface area contributed by atoms with Crippen LogP contribution >= 0.6 is 0 Å². The van der Waals surface area contributed by atoms with Crippen LogP contribution in [-0.4, -0.2) is 64.9 Å². The molecular formula is C23H29N5O3. The first kappa shape index (κ1) is 21.1. The summed E-state index contributed by atoms with van der Waals surface area (Å²) >= 11 is 0. The van der Waals surface area contributed by atoms with Crippen molar-refractivity contribution in [2.75, 3.05) is 38.6 Å². The molecule has 1 N–H and O–H groups in total. The van der Waals surface area contributed by atoms with Gasteiger partial charge in [0.25, 0.3) is 5.91 Å². The highest BCUT2D eigenvalue weighted by atomic mass is 16.5. The third-order valence-electron chi connectivity index (χ3n) is 6.00. The molecule has 0 aliphatic carbocycles. The number of carbonyl (C=O) groups excluding carboxylic acids is 2. The van der Waals surface area contributed by atoms with Crippen LogP contribution in [0, 0.1) is 0 Å². The van der Waals surface area contributed by atoms with Gasteiger partial charge < -0.3 is 19.9 Å². The van der Waals surface area contributed by atoms with Crippen LogP contribution in [0.3, 0.4) is 0 Å². The fourth-order valence-electron chi connectivity index (χ4n) is 4.26. The summed E-state index contributed by atoms with van der Waals surface area (Å²) in [6.07, 6.45) is 2.58. The Labute approximate surface area is 182 Å². The number of fused-ring (bicyclic) bond motifs is 1. The molecule has 1 fully saturated rings. The molecule has 2 amide bonds. The fourth-order valence-corrected chi connectivity index (χ4v) is 4.26. The molecule has 1 unspecified atom stereocenters. The zero-order chi connectivity index (χ0) is 21.8. The molecule has 8 heteroatoms. The fraction of sp³-hybridized carbons (Fsp3) is 0.478. The third-order valence-corrected chi connectivity index (χ3v) is 6.00. The minimum absolute atomic E-state index is 0.0162. The van der Waals surface area contributed by atoms with Crippen molar-refractivity contribution < 1.29 is 14.3 Å². The number of hydrogen-bond donors (Lipinski definition) is 1. The van der Waals surface area contributed by atoms with Gasteiger partial charge >= 0.3 is 0 Å². The van der Waals surface area contributed by atoms with Crippen molar-refractivity contribution >= 4 is 17.6 Å². The molecule has 8 nitrogen and oxygen atoms in total. The van der Waals surface area contributed by atoms with Crippen LogP contribution in [0.1, 0.15) is 42.8 Å². The van der Waals surface area contributed by atoms with Crippen molar-refractivity contribution in [2.24, 2.45) is 0 Å². The summed E-state index contributed by atoms with van der Waals surface area (Å²) in [5.41, 5.74) is 2.00. The largest absolute Gasteiger partial charge is 0.484 e. The van der Waals surface area contributed by atoms with Crippen molar-refractivity contribution in [1.82, 2.24) is 19.8 Å². The molecule has 0 radical (unpaired) electrons. The molecule has 4 rings (SSSR count). The first-order chi connectivity index (χ1) is 15.0. The Morgan fingerprint density at radius 1 is 1.16 bits per heavy atom. The number of amides is 2. The number of piperidine rings is 1. The van der Waals surface area contributed by atoms with E-state index in [0.717, 1.165) is 48.7 Å². The molecule has 0 saturated carbocycles. The number of nitrogens with one attached hydrogen (secondary N) is 1. The third kappa shape index (κ3) is 4.78.